The number of benzene rings is 1. The zero-order valence-corrected chi connectivity index (χ0v) is 15.9. The van der Waals surface area contributed by atoms with Crippen molar-refractivity contribution in [3.63, 3.8) is 0 Å². The number of carbonyl (C=O) groups excluding carboxylic acids is 1. The molecule has 3 aromatic heterocycles. The number of aryl methyl sites for hydroxylation is 1. The van der Waals surface area contributed by atoms with Gasteiger partial charge >= 0.3 is 6.03 Å². The van der Waals surface area contributed by atoms with Gasteiger partial charge in [-0.15, -0.1) is 0 Å². The second-order valence-corrected chi connectivity index (χ2v) is 6.41. The lowest BCUT2D eigenvalue weighted by Gasteiger charge is -2.08. The Balaban J connectivity index is 1.73. The summed E-state index contributed by atoms with van der Waals surface area (Å²) in [5, 5.41) is 11.4. The number of nitrogens with one attached hydrogen (secondary N) is 3. The zero-order valence-electron chi connectivity index (χ0n) is 15.9. The van der Waals surface area contributed by atoms with E-state index in [0.717, 1.165) is 45.6 Å². The summed E-state index contributed by atoms with van der Waals surface area (Å²) < 4.78 is 1.93. The first-order chi connectivity index (χ1) is 13.7. The van der Waals surface area contributed by atoms with Gasteiger partial charge in [0.1, 0.15) is 11.3 Å². The first kappa shape index (κ1) is 17.8. The molecule has 0 radical (unpaired) electrons. The molecule has 0 aliphatic heterocycles. The molecule has 3 heterocycles. The van der Waals surface area contributed by atoms with Crippen molar-refractivity contribution in [2.75, 3.05) is 11.9 Å². The first-order valence-corrected chi connectivity index (χ1v) is 9.34. The van der Waals surface area contributed by atoms with Crippen LogP contribution in [0, 0.1) is 0 Å². The lowest BCUT2D eigenvalue weighted by atomic mass is 10.0. The average Bonchev–Trinajstić information content (AvgIpc) is 3.35. The molecule has 3 N–H and O–H groups in total. The molecule has 142 valence electrons. The van der Waals surface area contributed by atoms with Crippen molar-refractivity contribution in [2.24, 2.45) is 0 Å². The average molecular weight is 374 g/mol. The van der Waals surface area contributed by atoms with Crippen molar-refractivity contribution in [3.05, 3.63) is 55.0 Å². The topological polar surface area (TPSA) is 87.6 Å². The molecule has 0 atom stereocenters. The van der Waals surface area contributed by atoms with E-state index in [1.54, 1.807) is 6.20 Å². The maximum absolute atomic E-state index is 11.7. The molecule has 0 saturated carbocycles. The Morgan fingerprint density at radius 1 is 1.11 bits per heavy atom. The van der Waals surface area contributed by atoms with E-state index in [-0.39, 0.29) is 6.03 Å². The van der Waals surface area contributed by atoms with Crippen molar-refractivity contribution in [1.29, 1.82) is 0 Å². The molecule has 0 aliphatic carbocycles. The van der Waals surface area contributed by atoms with E-state index in [1.807, 2.05) is 54.2 Å². The molecule has 0 aliphatic rings. The SMILES string of the molecule is CCNC(=O)Nc1ccc(-c2nn(CC)cc2-c2ccnc3[nH]ccc23)cc1. The third-order valence-corrected chi connectivity index (χ3v) is 4.59. The van der Waals surface area contributed by atoms with Gasteiger partial charge in [-0.3, -0.25) is 4.68 Å². The Labute approximate surface area is 162 Å². The Bertz CT molecular complexity index is 1110. The van der Waals surface area contributed by atoms with Gasteiger partial charge in [-0.05, 0) is 43.7 Å². The number of H-pyrrole nitrogens is 1. The van der Waals surface area contributed by atoms with E-state index < -0.39 is 0 Å². The first-order valence-electron chi connectivity index (χ1n) is 9.34. The smallest absolute Gasteiger partial charge is 0.319 e. The van der Waals surface area contributed by atoms with Crippen molar-refractivity contribution in [1.82, 2.24) is 25.1 Å². The van der Waals surface area contributed by atoms with Crippen LogP contribution in [0.15, 0.2) is 55.0 Å². The number of hydrogen-bond donors (Lipinski definition) is 3. The molecular weight excluding hydrogens is 352 g/mol. The number of fused-ring (bicyclic) bond motifs is 1. The third-order valence-electron chi connectivity index (χ3n) is 4.59. The van der Waals surface area contributed by atoms with Gasteiger partial charge in [-0.2, -0.15) is 5.10 Å². The predicted octanol–water partition coefficient (Wildman–Crippen LogP) is 4.25. The van der Waals surface area contributed by atoms with Gasteiger partial charge < -0.3 is 15.6 Å². The maximum atomic E-state index is 11.7. The van der Waals surface area contributed by atoms with Crippen LogP contribution >= 0.6 is 0 Å². The third kappa shape index (κ3) is 3.34. The summed E-state index contributed by atoms with van der Waals surface area (Å²) in [4.78, 5) is 19.2. The summed E-state index contributed by atoms with van der Waals surface area (Å²) in [5.74, 6) is 0. The molecule has 7 heteroatoms. The summed E-state index contributed by atoms with van der Waals surface area (Å²) in [6, 6.07) is 11.6. The second kappa shape index (κ2) is 7.56. The number of pyridine rings is 1. The number of hydrogen-bond acceptors (Lipinski definition) is 3. The van der Waals surface area contributed by atoms with Gasteiger partial charge in [0.25, 0.3) is 0 Å². The number of nitrogens with zero attached hydrogens (tertiary/aromatic N) is 3. The molecule has 0 fully saturated rings. The fourth-order valence-corrected chi connectivity index (χ4v) is 3.24. The lowest BCUT2D eigenvalue weighted by molar-refractivity contribution is 0.252. The summed E-state index contributed by atoms with van der Waals surface area (Å²) in [6.07, 6.45) is 5.77. The molecule has 1 aromatic carbocycles. The molecule has 7 nitrogen and oxygen atoms in total. The molecule has 4 rings (SSSR count). The van der Waals surface area contributed by atoms with Crippen molar-refractivity contribution in [2.45, 2.75) is 20.4 Å². The molecule has 2 amide bonds. The Morgan fingerprint density at radius 3 is 2.68 bits per heavy atom. The lowest BCUT2D eigenvalue weighted by Crippen LogP contribution is -2.28. The Hall–Kier alpha value is -3.61. The minimum absolute atomic E-state index is 0.210. The van der Waals surface area contributed by atoms with Crippen LogP contribution < -0.4 is 10.6 Å². The number of aromatic amines is 1. The molecule has 4 aromatic rings. The molecule has 0 spiro atoms. The monoisotopic (exact) mass is 374 g/mol. The predicted molar refractivity (Wildman–Crippen MR) is 111 cm³/mol. The highest BCUT2D eigenvalue weighted by Gasteiger charge is 2.16. The van der Waals surface area contributed by atoms with Crippen LogP contribution in [0.3, 0.4) is 0 Å². The van der Waals surface area contributed by atoms with E-state index in [9.17, 15) is 4.79 Å². The van der Waals surface area contributed by atoms with Gasteiger partial charge in [0, 0.05) is 53.9 Å². The Kier molecular flexibility index (Phi) is 4.80. The van der Waals surface area contributed by atoms with E-state index in [4.69, 9.17) is 5.10 Å². The fourth-order valence-electron chi connectivity index (χ4n) is 3.24. The standard InChI is InChI=1S/C21H22N6O/c1-3-22-21(28)25-15-7-5-14(6-8-15)19-18(13-27(4-2)26-19)16-9-11-23-20-17(16)10-12-24-20/h5-13H,3-4H2,1-2H3,(H,23,24)(H2,22,25,28). The van der Waals surface area contributed by atoms with Gasteiger partial charge in [0.15, 0.2) is 0 Å². The van der Waals surface area contributed by atoms with Crippen LogP contribution in [0.25, 0.3) is 33.4 Å². The van der Waals surface area contributed by atoms with Gasteiger partial charge in [0.2, 0.25) is 0 Å². The van der Waals surface area contributed by atoms with E-state index >= 15 is 0 Å². The highest BCUT2D eigenvalue weighted by atomic mass is 16.2. The number of anilines is 1. The number of urea groups is 1. The zero-order chi connectivity index (χ0) is 19.5. The highest BCUT2D eigenvalue weighted by molar-refractivity contribution is 5.97. The van der Waals surface area contributed by atoms with E-state index in [2.05, 4.69) is 33.7 Å². The number of rotatable bonds is 5. The van der Waals surface area contributed by atoms with Crippen LogP contribution in [0.4, 0.5) is 10.5 Å². The number of aromatic nitrogens is 4. The van der Waals surface area contributed by atoms with Crippen LogP contribution in [0.5, 0.6) is 0 Å². The maximum Gasteiger partial charge on any atom is 0.319 e. The largest absolute Gasteiger partial charge is 0.346 e. The summed E-state index contributed by atoms with van der Waals surface area (Å²) in [6.45, 7) is 5.32. The van der Waals surface area contributed by atoms with Crippen molar-refractivity contribution < 1.29 is 4.79 Å². The van der Waals surface area contributed by atoms with Gasteiger partial charge in [0.05, 0.1) is 0 Å². The second-order valence-electron chi connectivity index (χ2n) is 6.41. The van der Waals surface area contributed by atoms with Crippen LogP contribution in [0.2, 0.25) is 0 Å². The number of carbonyl (C=O) groups is 1. The van der Waals surface area contributed by atoms with Gasteiger partial charge in [-0.1, -0.05) is 12.1 Å². The molecule has 0 bridgehead atoms. The normalized spacial score (nSPS) is 10.9. The minimum atomic E-state index is -0.210. The summed E-state index contributed by atoms with van der Waals surface area (Å²) in [7, 11) is 0. The van der Waals surface area contributed by atoms with Crippen molar-refractivity contribution in [3.8, 4) is 22.4 Å². The summed E-state index contributed by atoms with van der Waals surface area (Å²) in [5.41, 5.74) is 5.63. The van der Waals surface area contributed by atoms with Gasteiger partial charge in [-0.25, -0.2) is 9.78 Å². The molecule has 28 heavy (non-hydrogen) atoms. The fraction of sp³-hybridized carbons (Fsp3) is 0.190. The van der Waals surface area contributed by atoms with Crippen molar-refractivity contribution >= 4 is 22.8 Å². The van der Waals surface area contributed by atoms with Crippen LogP contribution in [0.1, 0.15) is 13.8 Å². The van der Waals surface area contributed by atoms with E-state index in [1.165, 1.54) is 0 Å². The number of amides is 2. The van der Waals surface area contributed by atoms with Crippen LogP contribution in [-0.2, 0) is 6.54 Å². The minimum Gasteiger partial charge on any atom is -0.346 e. The highest BCUT2D eigenvalue weighted by Crippen LogP contribution is 2.35. The molecular formula is C21H22N6O. The van der Waals surface area contributed by atoms with E-state index in [0.29, 0.717) is 6.54 Å². The molecule has 0 saturated heterocycles. The summed E-state index contributed by atoms with van der Waals surface area (Å²) >= 11 is 0. The molecule has 0 unspecified atom stereocenters. The van der Waals surface area contributed by atoms with Crippen LogP contribution in [-0.4, -0.2) is 32.3 Å². The quantitative estimate of drug-likeness (QED) is 0.488. The Morgan fingerprint density at radius 2 is 1.93 bits per heavy atom.